The number of carbonyl (C=O) groups is 2. The van der Waals surface area contributed by atoms with Crippen molar-refractivity contribution in [3.63, 3.8) is 0 Å². The first kappa shape index (κ1) is 28.9. The van der Waals surface area contributed by atoms with Crippen molar-refractivity contribution in [2.24, 2.45) is 5.92 Å². The number of rotatable bonds is 7. The van der Waals surface area contributed by atoms with Gasteiger partial charge in [0.15, 0.2) is 11.6 Å². The molecule has 0 saturated carbocycles. The molecule has 1 fully saturated rings. The predicted octanol–water partition coefficient (Wildman–Crippen LogP) is 5.27. The van der Waals surface area contributed by atoms with Crippen LogP contribution in [-0.2, 0) is 6.54 Å². The van der Waals surface area contributed by atoms with E-state index in [2.05, 4.69) is 15.5 Å². The quantitative estimate of drug-likeness (QED) is 0.300. The van der Waals surface area contributed by atoms with Crippen LogP contribution in [0, 0.1) is 17.6 Å². The summed E-state index contributed by atoms with van der Waals surface area (Å²) >= 11 is 0. The van der Waals surface area contributed by atoms with Crippen LogP contribution in [0.2, 0.25) is 0 Å². The normalized spacial score (nSPS) is 17.0. The summed E-state index contributed by atoms with van der Waals surface area (Å²) < 4.78 is 39.7. The van der Waals surface area contributed by atoms with Gasteiger partial charge in [0.05, 0.1) is 25.6 Å². The number of hydrogen-bond acceptors (Lipinski definition) is 6. The van der Waals surface area contributed by atoms with Crippen LogP contribution in [0.3, 0.4) is 0 Å². The van der Waals surface area contributed by atoms with Crippen LogP contribution in [0.1, 0.15) is 38.7 Å². The van der Waals surface area contributed by atoms with E-state index in [0.29, 0.717) is 42.5 Å². The van der Waals surface area contributed by atoms with E-state index in [-0.39, 0.29) is 34.2 Å². The van der Waals surface area contributed by atoms with Crippen molar-refractivity contribution in [3.8, 4) is 11.5 Å². The maximum absolute atomic E-state index is 13.8. The van der Waals surface area contributed by atoms with Crippen molar-refractivity contribution in [1.82, 2.24) is 4.57 Å². The molecule has 2 N–H and O–H groups in total. The van der Waals surface area contributed by atoms with E-state index in [0.717, 1.165) is 24.2 Å². The number of piperidine rings is 1. The first-order valence-electron chi connectivity index (χ1n) is 14.1. The number of carbonyl (C=O) groups excluding carboxylic acids is 2. The molecule has 2 bridgehead atoms. The second-order valence-electron chi connectivity index (χ2n) is 11.0. The van der Waals surface area contributed by atoms with Gasteiger partial charge in [0, 0.05) is 66.3 Å². The highest BCUT2D eigenvalue weighted by Gasteiger charge is 2.35. The van der Waals surface area contributed by atoms with Gasteiger partial charge < -0.3 is 29.6 Å². The lowest BCUT2D eigenvalue weighted by Gasteiger charge is -2.44. The van der Waals surface area contributed by atoms with Crippen molar-refractivity contribution in [3.05, 3.63) is 112 Å². The molecular formula is C33H30F2N4O5. The molecule has 0 unspecified atom stereocenters. The number of halogens is 2. The molecule has 2 aliphatic rings. The predicted molar refractivity (Wildman–Crippen MR) is 162 cm³/mol. The third kappa shape index (κ3) is 5.72. The van der Waals surface area contributed by atoms with Crippen LogP contribution < -0.4 is 30.6 Å². The molecule has 0 aliphatic carbocycles. The number of fused-ring (bicyclic) bond motifs is 4. The fraction of sp³-hybridized carbons (Fsp3) is 0.242. The zero-order valence-electron chi connectivity index (χ0n) is 24.1. The fourth-order valence-electron chi connectivity index (χ4n) is 6.06. The van der Waals surface area contributed by atoms with Gasteiger partial charge in [-0.15, -0.1) is 0 Å². The molecule has 226 valence electrons. The summed E-state index contributed by atoms with van der Waals surface area (Å²) in [4.78, 5) is 41.4. The number of ether oxygens (including phenoxy) is 2. The summed E-state index contributed by atoms with van der Waals surface area (Å²) in [5, 5.41) is 5.54. The Morgan fingerprint density at radius 2 is 1.55 bits per heavy atom. The van der Waals surface area contributed by atoms with Gasteiger partial charge in [-0.3, -0.25) is 14.4 Å². The number of nitrogens with one attached hydrogen (secondary N) is 2. The first-order chi connectivity index (χ1) is 21.2. The number of amides is 2. The molecule has 2 atom stereocenters. The Labute approximate surface area is 252 Å². The third-order valence-corrected chi connectivity index (χ3v) is 8.12. The molecule has 4 aromatic rings. The number of hydrogen-bond donors (Lipinski definition) is 2. The lowest BCUT2D eigenvalue weighted by molar-refractivity contribution is 0.101. The minimum Gasteiger partial charge on any atom is -0.497 e. The Morgan fingerprint density at radius 3 is 2.27 bits per heavy atom. The lowest BCUT2D eigenvalue weighted by atomic mass is 9.83. The van der Waals surface area contributed by atoms with Crippen LogP contribution in [0.25, 0.3) is 0 Å². The molecular weight excluding hydrogens is 570 g/mol. The number of anilines is 3. The zero-order chi connectivity index (χ0) is 31.0. The average Bonchev–Trinajstić information content (AvgIpc) is 3.03. The summed E-state index contributed by atoms with van der Waals surface area (Å²) in [6.45, 7) is 1.85. The Balaban J connectivity index is 1.34. The van der Waals surface area contributed by atoms with Crippen LogP contribution in [-0.4, -0.2) is 43.7 Å². The smallest absolute Gasteiger partial charge is 0.255 e. The molecule has 44 heavy (non-hydrogen) atoms. The molecule has 3 aromatic carbocycles. The summed E-state index contributed by atoms with van der Waals surface area (Å²) in [5.74, 6) is -1.92. The lowest BCUT2D eigenvalue weighted by Crippen LogP contribution is -2.47. The Kier molecular flexibility index (Phi) is 7.77. The van der Waals surface area contributed by atoms with E-state index in [1.54, 1.807) is 48.5 Å². The number of aromatic nitrogens is 1. The van der Waals surface area contributed by atoms with Gasteiger partial charge in [-0.05, 0) is 60.9 Å². The largest absolute Gasteiger partial charge is 0.497 e. The van der Waals surface area contributed by atoms with Gasteiger partial charge in [0.1, 0.15) is 11.5 Å². The van der Waals surface area contributed by atoms with E-state index < -0.39 is 23.4 Å². The fourth-order valence-corrected chi connectivity index (χ4v) is 6.06. The van der Waals surface area contributed by atoms with Gasteiger partial charge >= 0.3 is 0 Å². The van der Waals surface area contributed by atoms with Gasteiger partial charge in [-0.2, -0.15) is 0 Å². The minimum atomic E-state index is -1.08. The van der Waals surface area contributed by atoms with Crippen LogP contribution in [0.15, 0.2) is 77.6 Å². The minimum absolute atomic E-state index is 0.0104. The Hall–Kier alpha value is -5.19. The number of nitrogens with zero attached hydrogens (tertiary/aromatic N) is 2. The highest BCUT2D eigenvalue weighted by atomic mass is 19.2. The van der Waals surface area contributed by atoms with Crippen molar-refractivity contribution < 1.29 is 27.8 Å². The summed E-state index contributed by atoms with van der Waals surface area (Å²) in [7, 11) is 2.98. The molecule has 6 rings (SSSR count). The molecule has 2 amide bonds. The van der Waals surface area contributed by atoms with E-state index >= 15 is 0 Å². The highest BCUT2D eigenvalue weighted by molar-refractivity contribution is 6.09. The second-order valence-corrected chi connectivity index (χ2v) is 11.0. The van der Waals surface area contributed by atoms with Crippen molar-refractivity contribution in [2.75, 3.05) is 42.8 Å². The molecule has 11 heteroatoms. The Morgan fingerprint density at radius 1 is 0.795 bits per heavy atom. The number of methoxy groups -OCH3 is 2. The molecule has 0 radical (unpaired) electrons. The first-order valence-corrected chi connectivity index (χ1v) is 14.1. The number of benzene rings is 3. The third-order valence-electron chi connectivity index (χ3n) is 8.12. The van der Waals surface area contributed by atoms with E-state index in [1.165, 1.54) is 20.3 Å². The number of pyridine rings is 1. The monoisotopic (exact) mass is 600 g/mol. The molecule has 0 spiro atoms. The Bertz CT molecular complexity index is 1800. The standard InChI is InChI=1S/C33H30F2N4O5/c1-43-24-11-21(12-25(15-24)44-2)33(42)37-28-13-20(32(41)36-23-7-8-26(34)27(35)14-23)6-9-30(28)38-16-19-10-22(18-38)29-4-3-5-31(40)39(29)17-19/h3-9,11-15,19,22H,10,16-18H2,1-2H3,(H,36,41)(H,37,42)/t19-,22+/m1/s1. The summed E-state index contributed by atoms with van der Waals surface area (Å²) in [5.41, 5.74) is 2.64. The summed E-state index contributed by atoms with van der Waals surface area (Å²) in [6, 6.07) is 18.2. The maximum atomic E-state index is 13.8. The molecule has 9 nitrogen and oxygen atoms in total. The summed E-state index contributed by atoms with van der Waals surface area (Å²) in [6.07, 6.45) is 0.944. The van der Waals surface area contributed by atoms with Gasteiger partial charge in [0.2, 0.25) is 0 Å². The topological polar surface area (TPSA) is 102 Å². The van der Waals surface area contributed by atoms with Crippen LogP contribution >= 0.6 is 0 Å². The van der Waals surface area contributed by atoms with Crippen LogP contribution in [0.5, 0.6) is 11.5 Å². The van der Waals surface area contributed by atoms with Crippen molar-refractivity contribution >= 4 is 28.9 Å². The van der Waals surface area contributed by atoms with Gasteiger partial charge in [-0.25, -0.2) is 8.78 Å². The zero-order valence-corrected chi connectivity index (χ0v) is 24.1. The molecule has 3 heterocycles. The average molecular weight is 601 g/mol. The molecule has 2 aliphatic heterocycles. The van der Waals surface area contributed by atoms with Crippen molar-refractivity contribution in [2.45, 2.75) is 18.9 Å². The molecule has 1 aromatic heterocycles. The van der Waals surface area contributed by atoms with Gasteiger partial charge in [0.25, 0.3) is 17.4 Å². The molecule has 1 saturated heterocycles. The van der Waals surface area contributed by atoms with Gasteiger partial charge in [-0.1, -0.05) is 6.07 Å². The van der Waals surface area contributed by atoms with E-state index in [4.69, 9.17) is 9.47 Å². The van der Waals surface area contributed by atoms with E-state index in [9.17, 15) is 23.2 Å². The maximum Gasteiger partial charge on any atom is 0.255 e. The SMILES string of the molecule is COc1cc(OC)cc(C(=O)Nc2cc(C(=O)Nc3ccc(F)c(F)c3)ccc2N2C[C@H]3C[C@@H](C2)c2cccc(=O)n2C3)c1. The van der Waals surface area contributed by atoms with Crippen molar-refractivity contribution in [1.29, 1.82) is 0 Å². The van der Waals surface area contributed by atoms with E-state index in [1.807, 2.05) is 10.6 Å². The van der Waals surface area contributed by atoms with Crippen LogP contribution in [0.4, 0.5) is 25.8 Å². The highest BCUT2D eigenvalue weighted by Crippen LogP contribution is 2.39. The second kappa shape index (κ2) is 11.8.